The van der Waals surface area contributed by atoms with Gasteiger partial charge in [0.05, 0.1) is 12.0 Å². The van der Waals surface area contributed by atoms with Crippen LogP contribution in [0.4, 0.5) is 11.5 Å². The first-order chi connectivity index (χ1) is 9.92. The van der Waals surface area contributed by atoms with Gasteiger partial charge in [-0.3, -0.25) is 10.1 Å². The van der Waals surface area contributed by atoms with Gasteiger partial charge in [-0.05, 0) is 25.3 Å². The van der Waals surface area contributed by atoms with E-state index in [2.05, 4.69) is 15.0 Å². The lowest BCUT2D eigenvalue weighted by atomic mass is 9.90. The minimum Gasteiger partial charge on any atom is -0.464 e. The van der Waals surface area contributed by atoms with E-state index in [0.717, 1.165) is 19.3 Å². The van der Waals surface area contributed by atoms with Crippen molar-refractivity contribution in [1.82, 2.24) is 4.98 Å². The van der Waals surface area contributed by atoms with Gasteiger partial charge in [-0.1, -0.05) is 20.8 Å². The van der Waals surface area contributed by atoms with Crippen molar-refractivity contribution in [2.24, 2.45) is 0 Å². The lowest BCUT2D eigenvalue weighted by Crippen LogP contribution is -2.36. The maximum Gasteiger partial charge on any atom is 0.356 e. The van der Waals surface area contributed by atoms with E-state index in [1.54, 1.807) is 0 Å². The number of hydrogen-bond donors (Lipinski definition) is 1. The van der Waals surface area contributed by atoms with Crippen LogP contribution in [-0.2, 0) is 4.74 Å². The van der Waals surface area contributed by atoms with Crippen molar-refractivity contribution in [1.29, 1.82) is 0 Å². The van der Waals surface area contributed by atoms with Gasteiger partial charge in [-0.2, -0.15) is 0 Å². The van der Waals surface area contributed by atoms with Gasteiger partial charge in [0.1, 0.15) is 0 Å². The van der Waals surface area contributed by atoms with Crippen LogP contribution in [0.1, 0.15) is 50.5 Å². The first-order valence-electron chi connectivity index (χ1n) is 6.95. The molecule has 1 rings (SSSR count). The molecule has 7 nitrogen and oxygen atoms in total. The number of carbonyl (C=O) groups excluding carboxylic acids is 1. The summed E-state index contributed by atoms with van der Waals surface area (Å²) in [6.07, 6.45) is 2.38. The number of nitrogens with one attached hydrogen (secondary N) is 1. The first-order valence-corrected chi connectivity index (χ1v) is 6.95. The topological polar surface area (TPSA) is 94.4 Å². The zero-order valence-corrected chi connectivity index (χ0v) is 12.8. The highest BCUT2D eigenvalue weighted by Crippen LogP contribution is 2.30. The average Bonchev–Trinajstić information content (AvgIpc) is 2.51. The first kappa shape index (κ1) is 16.9. The Morgan fingerprint density at radius 2 is 1.90 bits per heavy atom. The van der Waals surface area contributed by atoms with Crippen LogP contribution in [0.15, 0.2) is 12.1 Å². The lowest BCUT2D eigenvalue weighted by molar-refractivity contribution is -0.384. The molecule has 0 unspecified atom stereocenters. The van der Waals surface area contributed by atoms with Crippen molar-refractivity contribution in [3.8, 4) is 0 Å². The van der Waals surface area contributed by atoms with E-state index in [0.29, 0.717) is 0 Å². The van der Waals surface area contributed by atoms with Crippen LogP contribution >= 0.6 is 0 Å². The van der Waals surface area contributed by atoms with E-state index in [1.165, 1.54) is 19.2 Å². The van der Waals surface area contributed by atoms with Gasteiger partial charge in [0, 0.05) is 11.6 Å². The van der Waals surface area contributed by atoms with Gasteiger partial charge in [0.2, 0.25) is 5.82 Å². The van der Waals surface area contributed by atoms with Gasteiger partial charge in [0.15, 0.2) is 5.69 Å². The quantitative estimate of drug-likeness (QED) is 0.471. The van der Waals surface area contributed by atoms with Crippen molar-refractivity contribution < 1.29 is 14.5 Å². The minimum atomic E-state index is -0.622. The molecule has 0 aliphatic carbocycles. The summed E-state index contributed by atoms with van der Waals surface area (Å²) < 4.78 is 4.60. The van der Waals surface area contributed by atoms with Gasteiger partial charge in [-0.15, -0.1) is 0 Å². The Hall–Kier alpha value is -2.18. The van der Waals surface area contributed by atoms with Crippen molar-refractivity contribution in [2.45, 2.75) is 45.6 Å². The molecule has 0 atom stereocenters. The predicted octanol–water partition coefficient (Wildman–Crippen LogP) is 3.16. The molecule has 0 saturated carbocycles. The second-order valence-corrected chi connectivity index (χ2v) is 4.78. The molecule has 21 heavy (non-hydrogen) atoms. The number of carbonyl (C=O) groups is 1. The van der Waals surface area contributed by atoms with Crippen LogP contribution in [-0.4, -0.2) is 28.5 Å². The number of pyridine rings is 1. The van der Waals surface area contributed by atoms with Crippen LogP contribution in [0.5, 0.6) is 0 Å². The monoisotopic (exact) mass is 295 g/mol. The van der Waals surface area contributed by atoms with E-state index >= 15 is 0 Å². The molecule has 0 aromatic carbocycles. The van der Waals surface area contributed by atoms with E-state index in [1.807, 2.05) is 20.8 Å². The summed E-state index contributed by atoms with van der Waals surface area (Å²) in [5.41, 5.74) is -0.392. The van der Waals surface area contributed by atoms with Crippen LogP contribution in [0, 0.1) is 10.1 Å². The Morgan fingerprint density at radius 3 is 2.33 bits per heavy atom. The van der Waals surface area contributed by atoms with Crippen LogP contribution in [0.2, 0.25) is 0 Å². The molecule has 0 bridgehead atoms. The van der Waals surface area contributed by atoms with Gasteiger partial charge >= 0.3 is 11.7 Å². The highest BCUT2D eigenvalue weighted by atomic mass is 16.6. The van der Waals surface area contributed by atoms with E-state index in [9.17, 15) is 14.9 Å². The molecule has 1 N–H and O–H groups in total. The summed E-state index contributed by atoms with van der Waals surface area (Å²) in [5.74, 6) is -0.517. The Labute approximate surface area is 123 Å². The molecular weight excluding hydrogens is 274 g/mol. The van der Waals surface area contributed by atoms with Crippen molar-refractivity contribution in [2.75, 3.05) is 12.4 Å². The molecule has 0 radical (unpaired) electrons. The fourth-order valence-corrected chi connectivity index (χ4v) is 2.18. The Kier molecular flexibility index (Phi) is 5.63. The number of rotatable bonds is 7. The molecule has 1 aromatic rings. The number of hydrogen-bond acceptors (Lipinski definition) is 6. The molecule has 7 heteroatoms. The summed E-state index contributed by atoms with van der Waals surface area (Å²) in [4.78, 5) is 26.2. The largest absolute Gasteiger partial charge is 0.464 e. The molecule has 1 heterocycles. The molecule has 0 spiro atoms. The fourth-order valence-electron chi connectivity index (χ4n) is 2.18. The fraction of sp³-hybridized carbons (Fsp3) is 0.571. The molecule has 0 aliphatic rings. The standard InChI is InChI=1S/C14H21N3O4/c1-5-14(6-2,7-3)16-12-11(17(19)20)9-8-10(15-12)13(18)21-4/h8-9H,5-7H2,1-4H3,(H,15,16). The Morgan fingerprint density at radius 1 is 1.33 bits per heavy atom. The third-order valence-electron chi connectivity index (χ3n) is 3.88. The van der Waals surface area contributed by atoms with Crippen LogP contribution in [0.25, 0.3) is 0 Å². The number of ether oxygens (including phenoxy) is 1. The molecule has 1 aromatic heterocycles. The van der Waals surface area contributed by atoms with Crippen molar-refractivity contribution in [3.05, 3.63) is 27.9 Å². The Bertz CT molecular complexity index is 519. The smallest absolute Gasteiger partial charge is 0.356 e. The SMILES string of the molecule is CCC(CC)(CC)Nc1nc(C(=O)OC)ccc1[N+](=O)[O-]. The molecule has 0 aliphatic heterocycles. The third-order valence-corrected chi connectivity index (χ3v) is 3.88. The number of methoxy groups -OCH3 is 1. The number of nitro groups is 1. The minimum absolute atomic E-state index is 0.0443. The lowest BCUT2D eigenvalue weighted by Gasteiger charge is -2.32. The zero-order valence-electron chi connectivity index (χ0n) is 12.8. The highest BCUT2D eigenvalue weighted by Gasteiger charge is 2.28. The third kappa shape index (κ3) is 3.68. The highest BCUT2D eigenvalue weighted by molar-refractivity contribution is 5.88. The van der Waals surface area contributed by atoms with Gasteiger partial charge in [-0.25, -0.2) is 9.78 Å². The summed E-state index contributed by atoms with van der Waals surface area (Å²) in [6, 6.07) is 2.56. The predicted molar refractivity (Wildman–Crippen MR) is 79.5 cm³/mol. The summed E-state index contributed by atoms with van der Waals surface area (Å²) in [5, 5.41) is 14.3. The van der Waals surface area contributed by atoms with Crippen molar-refractivity contribution in [3.63, 3.8) is 0 Å². The summed E-state index contributed by atoms with van der Waals surface area (Å²) >= 11 is 0. The molecule has 0 fully saturated rings. The second kappa shape index (κ2) is 7.01. The maximum atomic E-state index is 11.5. The van der Waals surface area contributed by atoms with Gasteiger partial charge in [0.25, 0.3) is 0 Å². The molecule has 0 saturated heterocycles. The zero-order chi connectivity index (χ0) is 16.0. The van der Waals surface area contributed by atoms with E-state index < -0.39 is 10.9 Å². The average molecular weight is 295 g/mol. The molecule has 0 amide bonds. The van der Waals surface area contributed by atoms with Crippen LogP contribution in [0.3, 0.4) is 0 Å². The Balaban J connectivity index is 3.29. The number of nitrogens with zero attached hydrogens (tertiary/aromatic N) is 2. The summed E-state index contributed by atoms with van der Waals surface area (Å²) in [6.45, 7) is 6.03. The van der Waals surface area contributed by atoms with Gasteiger partial charge < -0.3 is 10.1 Å². The molecular formula is C14H21N3O4. The van der Waals surface area contributed by atoms with E-state index in [-0.39, 0.29) is 22.7 Å². The van der Waals surface area contributed by atoms with Crippen LogP contribution < -0.4 is 5.32 Å². The summed E-state index contributed by atoms with van der Waals surface area (Å²) in [7, 11) is 1.24. The van der Waals surface area contributed by atoms with Crippen molar-refractivity contribution >= 4 is 17.5 Å². The normalized spacial score (nSPS) is 11.0. The number of anilines is 1. The maximum absolute atomic E-state index is 11.5. The number of aromatic nitrogens is 1. The second-order valence-electron chi connectivity index (χ2n) is 4.78. The molecule has 116 valence electrons. The number of esters is 1. The van der Waals surface area contributed by atoms with E-state index in [4.69, 9.17) is 0 Å².